The fourth-order valence-electron chi connectivity index (χ4n) is 5.29. The third kappa shape index (κ3) is 9.99. The molecule has 11 nitrogen and oxygen atoms in total. The summed E-state index contributed by atoms with van der Waals surface area (Å²) < 4.78 is 17.9. The number of hydrogen-bond donors (Lipinski definition) is 3. The molecule has 0 bridgehead atoms. The summed E-state index contributed by atoms with van der Waals surface area (Å²) in [5.74, 6) is -0.382. The van der Waals surface area contributed by atoms with E-state index >= 15 is 0 Å². The molecule has 0 fully saturated rings. The van der Waals surface area contributed by atoms with Crippen LogP contribution in [0.1, 0.15) is 29.3 Å². The number of para-hydroxylation sites is 3. The zero-order chi connectivity index (χ0) is 35.5. The van der Waals surface area contributed by atoms with Crippen LogP contribution in [-0.2, 0) is 20.8 Å². The molecule has 0 aromatic heterocycles. The predicted molar refractivity (Wildman–Crippen MR) is 189 cm³/mol. The van der Waals surface area contributed by atoms with E-state index in [0.717, 1.165) is 5.56 Å². The number of amides is 4. The van der Waals surface area contributed by atoms with Gasteiger partial charge in [-0.3, -0.25) is 19.2 Å². The summed E-state index contributed by atoms with van der Waals surface area (Å²) in [7, 11) is 1.63. The Morgan fingerprint density at radius 2 is 1.66 bits per heavy atom. The van der Waals surface area contributed by atoms with E-state index in [0.29, 0.717) is 22.3 Å². The molecule has 1 heterocycles. The number of rotatable bonds is 9. The maximum absolute atomic E-state index is 13.7. The van der Waals surface area contributed by atoms with Gasteiger partial charge in [-0.05, 0) is 55.0 Å². The summed E-state index contributed by atoms with van der Waals surface area (Å²) in [5, 5.41) is 8.87. The molecule has 0 saturated carbocycles. The number of benzene rings is 4. The zero-order valence-electron chi connectivity index (χ0n) is 27.8. The van der Waals surface area contributed by atoms with Crippen molar-refractivity contribution in [1.82, 2.24) is 20.9 Å². The van der Waals surface area contributed by atoms with Crippen LogP contribution in [-0.4, -0.2) is 73.5 Å². The van der Waals surface area contributed by atoms with Crippen LogP contribution < -0.4 is 30.2 Å². The molecule has 260 valence electrons. The SMILES string of the molecule is C[C@H](COc1ccccc1Oc1cccc(Cl)c1)NC(=O)[C@@H]1CC(=O)N[C@@H](Cc2ccccc2)C(=O)N(C)CCOc2ccccc2C(=O)N1. The van der Waals surface area contributed by atoms with Gasteiger partial charge in [0.1, 0.15) is 36.8 Å². The van der Waals surface area contributed by atoms with Gasteiger partial charge in [0.05, 0.1) is 24.6 Å². The fourth-order valence-corrected chi connectivity index (χ4v) is 5.47. The Balaban J connectivity index is 1.31. The second kappa shape index (κ2) is 17.2. The lowest BCUT2D eigenvalue weighted by molar-refractivity contribution is -0.136. The van der Waals surface area contributed by atoms with E-state index in [4.69, 9.17) is 25.8 Å². The summed E-state index contributed by atoms with van der Waals surface area (Å²) in [4.78, 5) is 55.7. The van der Waals surface area contributed by atoms with E-state index in [-0.39, 0.29) is 43.4 Å². The molecule has 0 aliphatic carbocycles. The number of halogens is 1. The highest BCUT2D eigenvalue weighted by Gasteiger charge is 2.30. The Hall–Kier alpha value is -5.55. The zero-order valence-corrected chi connectivity index (χ0v) is 28.5. The molecule has 3 atom stereocenters. The van der Waals surface area contributed by atoms with E-state index in [1.165, 1.54) is 4.90 Å². The number of likely N-dealkylation sites (N-methyl/N-ethyl adjacent to an activating group) is 1. The Kier molecular flexibility index (Phi) is 12.3. The largest absolute Gasteiger partial charge is 0.491 e. The summed E-state index contributed by atoms with van der Waals surface area (Å²) in [5.41, 5.74) is 1.04. The molecule has 3 N–H and O–H groups in total. The van der Waals surface area contributed by atoms with Gasteiger partial charge in [0, 0.05) is 18.5 Å². The number of nitrogens with zero attached hydrogens (tertiary/aromatic N) is 1. The fraction of sp³-hybridized carbons (Fsp3) is 0.263. The van der Waals surface area contributed by atoms with Crippen LogP contribution in [0.5, 0.6) is 23.0 Å². The summed E-state index contributed by atoms with van der Waals surface area (Å²) in [6, 6.07) is 27.2. The van der Waals surface area contributed by atoms with Gasteiger partial charge in [0.15, 0.2) is 11.5 Å². The van der Waals surface area contributed by atoms with Crippen molar-refractivity contribution >= 4 is 35.2 Å². The lowest BCUT2D eigenvalue weighted by Crippen LogP contribution is -2.54. The van der Waals surface area contributed by atoms with Crippen molar-refractivity contribution in [3.8, 4) is 23.0 Å². The lowest BCUT2D eigenvalue weighted by Gasteiger charge is -2.27. The molecule has 0 radical (unpaired) electrons. The number of ether oxygens (including phenoxy) is 3. The highest BCUT2D eigenvalue weighted by molar-refractivity contribution is 6.30. The van der Waals surface area contributed by atoms with Crippen molar-refractivity contribution in [3.05, 3.63) is 119 Å². The average Bonchev–Trinajstić information content (AvgIpc) is 3.10. The normalized spacial score (nSPS) is 17.6. The number of carbonyl (C=O) groups is 4. The van der Waals surface area contributed by atoms with Crippen molar-refractivity contribution in [2.24, 2.45) is 0 Å². The van der Waals surface area contributed by atoms with Gasteiger partial charge in [-0.15, -0.1) is 0 Å². The van der Waals surface area contributed by atoms with E-state index < -0.39 is 42.3 Å². The van der Waals surface area contributed by atoms with Crippen LogP contribution in [0.15, 0.2) is 103 Å². The third-order valence-corrected chi connectivity index (χ3v) is 8.11. The van der Waals surface area contributed by atoms with E-state index in [1.807, 2.05) is 30.3 Å². The smallest absolute Gasteiger partial charge is 0.255 e. The van der Waals surface area contributed by atoms with Crippen molar-refractivity contribution in [3.63, 3.8) is 0 Å². The minimum absolute atomic E-state index is 0.0468. The van der Waals surface area contributed by atoms with Gasteiger partial charge in [0.2, 0.25) is 17.7 Å². The molecule has 5 rings (SSSR count). The van der Waals surface area contributed by atoms with Crippen molar-refractivity contribution in [1.29, 1.82) is 0 Å². The number of nitrogens with one attached hydrogen (secondary N) is 3. The van der Waals surface area contributed by atoms with Gasteiger partial charge in [0.25, 0.3) is 5.91 Å². The first-order chi connectivity index (χ1) is 24.2. The molecule has 1 aliphatic heterocycles. The summed E-state index contributed by atoms with van der Waals surface area (Å²) >= 11 is 6.10. The Labute approximate surface area is 295 Å². The predicted octanol–water partition coefficient (Wildman–Crippen LogP) is 4.78. The standard InChI is InChI=1S/C38H39ClN4O7/c1-25(24-49-33-17-8-9-18-34(33)50-28-14-10-13-27(39)22-28)40-37(46)30-23-35(44)41-31(21-26-11-4-3-5-12-26)38(47)43(2)19-20-48-32-16-7-6-15-29(32)36(45)42-30/h3-18,22,25,30-31H,19-21,23-24H2,1-2H3,(H,40,46)(H,41,44)(H,42,45)/t25-,30+,31+/m1/s1. The molecule has 0 spiro atoms. The first-order valence-corrected chi connectivity index (χ1v) is 16.6. The summed E-state index contributed by atoms with van der Waals surface area (Å²) in [6.45, 7) is 2.10. The molecule has 0 unspecified atom stereocenters. The minimum Gasteiger partial charge on any atom is -0.491 e. The molecule has 1 aliphatic rings. The van der Waals surface area contributed by atoms with Crippen LogP contribution in [0, 0.1) is 0 Å². The molecule has 0 saturated heterocycles. The third-order valence-electron chi connectivity index (χ3n) is 7.87. The van der Waals surface area contributed by atoms with Crippen LogP contribution in [0.4, 0.5) is 0 Å². The Bertz CT molecular complexity index is 1800. The molecule has 4 aromatic rings. The first kappa shape index (κ1) is 35.7. The monoisotopic (exact) mass is 698 g/mol. The van der Waals surface area contributed by atoms with Crippen molar-refractivity contribution < 1.29 is 33.4 Å². The van der Waals surface area contributed by atoms with Gasteiger partial charge in [-0.2, -0.15) is 0 Å². The topological polar surface area (TPSA) is 135 Å². The quantitative estimate of drug-likeness (QED) is 0.229. The van der Waals surface area contributed by atoms with E-state index in [2.05, 4.69) is 16.0 Å². The van der Waals surface area contributed by atoms with Crippen LogP contribution in [0.2, 0.25) is 5.02 Å². The van der Waals surface area contributed by atoms with Crippen LogP contribution >= 0.6 is 11.6 Å². The van der Waals surface area contributed by atoms with E-state index in [9.17, 15) is 19.2 Å². The molecule has 50 heavy (non-hydrogen) atoms. The van der Waals surface area contributed by atoms with Gasteiger partial charge < -0.3 is 35.1 Å². The Morgan fingerprint density at radius 1 is 0.940 bits per heavy atom. The number of carbonyl (C=O) groups excluding carboxylic acids is 4. The van der Waals surface area contributed by atoms with Gasteiger partial charge in [-0.1, -0.05) is 72.3 Å². The van der Waals surface area contributed by atoms with Crippen molar-refractivity contribution in [2.45, 2.75) is 37.9 Å². The molecular weight excluding hydrogens is 660 g/mol. The average molecular weight is 699 g/mol. The second-order valence-electron chi connectivity index (χ2n) is 11.9. The number of fused-ring (bicyclic) bond motifs is 1. The van der Waals surface area contributed by atoms with E-state index in [1.54, 1.807) is 86.8 Å². The molecule has 4 aromatic carbocycles. The highest BCUT2D eigenvalue weighted by atomic mass is 35.5. The highest BCUT2D eigenvalue weighted by Crippen LogP contribution is 2.32. The Morgan fingerprint density at radius 3 is 2.44 bits per heavy atom. The maximum Gasteiger partial charge on any atom is 0.255 e. The van der Waals surface area contributed by atoms with Crippen molar-refractivity contribution in [2.75, 3.05) is 26.8 Å². The molecule has 12 heteroatoms. The molecule has 4 amide bonds. The molecular formula is C38H39ClN4O7. The second-order valence-corrected chi connectivity index (χ2v) is 12.3. The maximum atomic E-state index is 13.7. The summed E-state index contributed by atoms with van der Waals surface area (Å²) in [6.07, 6.45) is -0.188. The van der Waals surface area contributed by atoms with Crippen LogP contribution in [0.3, 0.4) is 0 Å². The first-order valence-electron chi connectivity index (χ1n) is 16.2. The lowest BCUT2D eigenvalue weighted by atomic mass is 10.0. The minimum atomic E-state index is -1.29. The van der Waals surface area contributed by atoms with Crippen LogP contribution in [0.25, 0.3) is 0 Å². The number of hydrogen-bond acceptors (Lipinski definition) is 7. The van der Waals surface area contributed by atoms with Gasteiger partial charge >= 0.3 is 0 Å². The van der Waals surface area contributed by atoms with Gasteiger partial charge in [-0.25, -0.2) is 0 Å².